The average molecular weight is 277 g/mol. The molecule has 0 radical (unpaired) electrons. The predicted octanol–water partition coefficient (Wildman–Crippen LogP) is 2.00. The molecule has 0 unspecified atom stereocenters. The van der Waals surface area contributed by atoms with Crippen LogP contribution in [0.15, 0.2) is 24.3 Å². The van der Waals surface area contributed by atoms with Gasteiger partial charge in [0.05, 0.1) is 6.61 Å². The number of likely N-dealkylation sites (N-methyl/N-ethyl adjacent to an activating group) is 1. The zero-order valence-corrected chi connectivity index (χ0v) is 12.3. The minimum absolute atomic E-state index is 0.0182. The van der Waals surface area contributed by atoms with Gasteiger partial charge in [-0.15, -0.1) is 0 Å². The maximum Gasteiger partial charge on any atom is 0.321 e. The van der Waals surface area contributed by atoms with Crippen LogP contribution in [0, 0.1) is 0 Å². The number of carbonyl (C=O) groups is 1. The van der Waals surface area contributed by atoms with Crippen molar-refractivity contribution < 1.29 is 9.53 Å². The SMILES string of the molecule is CCN1CCN(C(=O)Nc2cccc(COC)c2)CC1. The van der Waals surface area contributed by atoms with Crippen LogP contribution in [0.25, 0.3) is 0 Å². The molecule has 1 aliphatic rings. The van der Waals surface area contributed by atoms with E-state index in [4.69, 9.17) is 4.74 Å². The van der Waals surface area contributed by atoms with Crippen molar-refractivity contribution in [3.05, 3.63) is 29.8 Å². The number of piperazine rings is 1. The van der Waals surface area contributed by atoms with Crippen molar-refractivity contribution in [3.63, 3.8) is 0 Å². The summed E-state index contributed by atoms with van der Waals surface area (Å²) in [6.07, 6.45) is 0. The highest BCUT2D eigenvalue weighted by atomic mass is 16.5. The first-order valence-corrected chi connectivity index (χ1v) is 7.09. The molecule has 2 amide bonds. The van der Waals surface area contributed by atoms with E-state index in [0.29, 0.717) is 6.61 Å². The summed E-state index contributed by atoms with van der Waals surface area (Å²) in [4.78, 5) is 16.4. The van der Waals surface area contributed by atoms with Gasteiger partial charge in [0, 0.05) is 39.0 Å². The minimum atomic E-state index is -0.0182. The van der Waals surface area contributed by atoms with Crippen molar-refractivity contribution in [2.45, 2.75) is 13.5 Å². The van der Waals surface area contributed by atoms with E-state index in [0.717, 1.165) is 44.0 Å². The molecule has 1 fully saturated rings. The number of methoxy groups -OCH3 is 1. The number of benzene rings is 1. The van der Waals surface area contributed by atoms with Gasteiger partial charge >= 0.3 is 6.03 Å². The van der Waals surface area contributed by atoms with Gasteiger partial charge in [0.15, 0.2) is 0 Å². The number of carbonyl (C=O) groups excluding carboxylic acids is 1. The van der Waals surface area contributed by atoms with Crippen LogP contribution in [-0.2, 0) is 11.3 Å². The maximum atomic E-state index is 12.2. The average Bonchev–Trinajstić information content (AvgIpc) is 2.48. The van der Waals surface area contributed by atoms with Gasteiger partial charge in [-0.3, -0.25) is 0 Å². The molecule has 1 saturated heterocycles. The quantitative estimate of drug-likeness (QED) is 0.915. The molecular formula is C15H23N3O2. The largest absolute Gasteiger partial charge is 0.380 e. The Hall–Kier alpha value is -1.59. The summed E-state index contributed by atoms with van der Waals surface area (Å²) in [7, 11) is 1.67. The lowest BCUT2D eigenvalue weighted by atomic mass is 10.2. The van der Waals surface area contributed by atoms with Crippen LogP contribution in [0.1, 0.15) is 12.5 Å². The fourth-order valence-corrected chi connectivity index (χ4v) is 2.38. The highest BCUT2D eigenvalue weighted by molar-refractivity contribution is 5.89. The van der Waals surface area contributed by atoms with Crippen molar-refractivity contribution in [1.82, 2.24) is 9.80 Å². The van der Waals surface area contributed by atoms with Crippen LogP contribution in [0.2, 0.25) is 0 Å². The van der Waals surface area contributed by atoms with Crippen molar-refractivity contribution in [2.75, 3.05) is 45.2 Å². The molecule has 1 N–H and O–H groups in total. The lowest BCUT2D eigenvalue weighted by Gasteiger charge is -2.34. The van der Waals surface area contributed by atoms with Gasteiger partial charge in [-0.1, -0.05) is 19.1 Å². The molecule has 110 valence electrons. The zero-order valence-electron chi connectivity index (χ0n) is 12.3. The smallest absolute Gasteiger partial charge is 0.321 e. The third-order valence-electron chi connectivity index (χ3n) is 3.60. The predicted molar refractivity (Wildman–Crippen MR) is 79.9 cm³/mol. The number of nitrogens with one attached hydrogen (secondary N) is 1. The fourth-order valence-electron chi connectivity index (χ4n) is 2.38. The summed E-state index contributed by atoms with van der Waals surface area (Å²) in [5.41, 5.74) is 1.88. The molecule has 5 heteroatoms. The number of hydrogen-bond donors (Lipinski definition) is 1. The van der Waals surface area contributed by atoms with Crippen molar-refractivity contribution in [2.24, 2.45) is 0 Å². The lowest BCUT2D eigenvalue weighted by Crippen LogP contribution is -2.49. The molecule has 1 aliphatic heterocycles. The summed E-state index contributed by atoms with van der Waals surface area (Å²) in [5.74, 6) is 0. The Morgan fingerprint density at radius 2 is 2.05 bits per heavy atom. The first-order chi connectivity index (χ1) is 9.72. The Balaban J connectivity index is 1.89. The summed E-state index contributed by atoms with van der Waals surface area (Å²) in [6.45, 7) is 7.24. The molecule has 0 bridgehead atoms. The summed E-state index contributed by atoms with van der Waals surface area (Å²) < 4.78 is 5.10. The molecule has 0 aliphatic carbocycles. The first kappa shape index (κ1) is 14.8. The molecule has 2 rings (SSSR count). The number of hydrogen-bond acceptors (Lipinski definition) is 3. The van der Waals surface area contributed by atoms with Crippen LogP contribution in [0.5, 0.6) is 0 Å². The summed E-state index contributed by atoms with van der Waals surface area (Å²) in [5, 5.41) is 2.96. The minimum Gasteiger partial charge on any atom is -0.380 e. The number of nitrogens with zero attached hydrogens (tertiary/aromatic N) is 2. The van der Waals surface area contributed by atoms with Crippen LogP contribution in [0.3, 0.4) is 0 Å². The summed E-state index contributed by atoms with van der Waals surface area (Å²) in [6, 6.07) is 7.75. The number of anilines is 1. The molecule has 1 heterocycles. The highest BCUT2D eigenvalue weighted by Gasteiger charge is 2.19. The van der Waals surface area contributed by atoms with E-state index in [1.54, 1.807) is 7.11 Å². The van der Waals surface area contributed by atoms with Crippen molar-refractivity contribution >= 4 is 11.7 Å². The van der Waals surface area contributed by atoms with Crippen molar-refractivity contribution in [1.29, 1.82) is 0 Å². The van der Waals surface area contributed by atoms with E-state index < -0.39 is 0 Å². The molecule has 1 aromatic rings. The van der Waals surface area contributed by atoms with E-state index in [2.05, 4.69) is 17.1 Å². The molecule has 20 heavy (non-hydrogen) atoms. The van der Waals surface area contributed by atoms with Gasteiger partial charge in [0.2, 0.25) is 0 Å². The standard InChI is InChI=1S/C15H23N3O2/c1-3-17-7-9-18(10-8-17)15(19)16-14-6-4-5-13(11-14)12-20-2/h4-6,11H,3,7-10,12H2,1-2H3,(H,16,19). The number of rotatable bonds is 4. The Morgan fingerprint density at radius 3 is 2.70 bits per heavy atom. The van der Waals surface area contributed by atoms with Gasteiger partial charge in [-0.25, -0.2) is 4.79 Å². The number of amides is 2. The molecule has 0 atom stereocenters. The topological polar surface area (TPSA) is 44.8 Å². The van der Waals surface area contributed by atoms with E-state index in [1.807, 2.05) is 29.2 Å². The number of ether oxygens (including phenoxy) is 1. The first-order valence-electron chi connectivity index (χ1n) is 7.09. The molecular weight excluding hydrogens is 254 g/mol. The third-order valence-corrected chi connectivity index (χ3v) is 3.60. The molecule has 0 spiro atoms. The van der Waals surface area contributed by atoms with Crippen LogP contribution >= 0.6 is 0 Å². The zero-order chi connectivity index (χ0) is 14.4. The van der Waals surface area contributed by atoms with E-state index >= 15 is 0 Å². The van der Waals surface area contributed by atoms with Crippen LogP contribution in [0.4, 0.5) is 10.5 Å². The Bertz CT molecular complexity index is 442. The van der Waals surface area contributed by atoms with E-state index in [1.165, 1.54) is 0 Å². The van der Waals surface area contributed by atoms with Crippen LogP contribution < -0.4 is 5.32 Å². The molecule has 0 aromatic heterocycles. The molecule has 5 nitrogen and oxygen atoms in total. The third kappa shape index (κ3) is 3.95. The van der Waals surface area contributed by atoms with Gasteiger partial charge in [-0.2, -0.15) is 0 Å². The second kappa shape index (κ2) is 7.26. The Labute approximate surface area is 120 Å². The molecule has 1 aromatic carbocycles. The maximum absolute atomic E-state index is 12.2. The summed E-state index contributed by atoms with van der Waals surface area (Å²) >= 11 is 0. The van der Waals surface area contributed by atoms with Gasteiger partial charge < -0.3 is 19.9 Å². The fraction of sp³-hybridized carbons (Fsp3) is 0.533. The van der Waals surface area contributed by atoms with Gasteiger partial charge in [-0.05, 0) is 24.2 Å². The lowest BCUT2D eigenvalue weighted by molar-refractivity contribution is 0.151. The Morgan fingerprint density at radius 1 is 1.30 bits per heavy atom. The Kier molecular flexibility index (Phi) is 5.38. The van der Waals surface area contributed by atoms with Crippen LogP contribution in [-0.4, -0.2) is 55.7 Å². The van der Waals surface area contributed by atoms with Gasteiger partial charge in [0.1, 0.15) is 0 Å². The number of urea groups is 1. The van der Waals surface area contributed by atoms with E-state index in [9.17, 15) is 4.79 Å². The second-order valence-corrected chi connectivity index (χ2v) is 4.98. The monoisotopic (exact) mass is 277 g/mol. The highest BCUT2D eigenvalue weighted by Crippen LogP contribution is 2.13. The molecule has 0 saturated carbocycles. The van der Waals surface area contributed by atoms with E-state index in [-0.39, 0.29) is 6.03 Å². The van der Waals surface area contributed by atoms with Gasteiger partial charge in [0.25, 0.3) is 0 Å². The second-order valence-electron chi connectivity index (χ2n) is 4.98. The van der Waals surface area contributed by atoms with Crippen molar-refractivity contribution in [3.8, 4) is 0 Å². The normalized spacial score (nSPS) is 16.2.